The van der Waals surface area contributed by atoms with Crippen molar-refractivity contribution in [3.63, 3.8) is 0 Å². The number of carbonyl (C=O) groups is 3. The number of anilines is 1. The maximum absolute atomic E-state index is 13.9. The van der Waals surface area contributed by atoms with E-state index in [0.29, 0.717) is 60.2 Å². The summed E-state index contributed by atoms with van der Waals surface area (Å²) in [6.45, 7) is 2.37. The Labute approximate surface area is 258 Å². The van der Waals surface area contributed by atoms with Gasteiger partial charge >= 0.3 is 0 Å². The average molecular weight is 604 g/mol. The monoisotopic (exact) mass is 603 g/mol. The first-order chi connectivity index (χ1) is 21.2. The van der Waals surface area contributed by atoms with E-state index in [0.717, 1.165) is 11.1 Å². The summed E-state index contributed by atoms with van der Waals surface area (Å²) in [7, 11) is 8.02. The third kappa shape index (κ3) is 6.59. The number of nitrogens with one attached hydrogen (secondary N) is 3. The summed E-state index contributed by atoms with van der Waals surface area (Å²) >= 11 is 0. The van der Waals surface area contributed by atoms with E-state index in [4.69, 9.17) is 18.9 Å². The van der Waals surface area contributed by atoms with Crippen LogP contribution in [0.25, 0.3) is 0 Å². The molecule has 10 heteroatoms. The van der Waals surface area contributed by atoms with Crippen LogP contribution in [-0.2, 0) is 22.4 Å². The van der Waals surface area contributed by atoms with Crippen molar-refractivity contribution in [3.05, 3.63) is 77.4 Å². The van der Waals surface area contributed by atoms with Gasteiger partial charge in [-0.15, -0.1) is 0 Å². The molecule has 3 aromatic carbocycles. The van der Waals surface area contributed by atoms with Crippen LogP contribution in [0.5, 0.6) is 23.0 Å². The molecule has 1 unspecified atom stereocenters. The van der Waals surface area contributed by atoms with Gasteiger partial charge in [0.2, 0.25) is 11.8 Å². The third-order valence-electron chi connectivity index (χ3n) is 8.33. The van der Waals surface area contributed by atoms with Crippen LogP contribution in [0.1, 0.15) is 28.4 Å². The van der Waals surface area contributed by atoms with Gasteiger partial charge in [-0.1, -0.05) is 31.2 Å². The van der Waals surface area contributed by atoms with E-state index < -0.39 is 17.3 Å². The fraction of sp³-hybridized carbons (Fsp3) is 0.382. The maximum atomic E-state index is 13.9. The molecule has 2 amide bonds. The number of amides is 2. The SMILES string of the molecule is CNc1ccccc1C(=O)C1(C)[C@H](C(=O)NCCc2ccc(OC)c(OC)c2)[C@@H]1C(=O)NCCc1ccc(OC)c(OC)c1. The first kappa shape index (κ1) is 32.2. The van der Waals surface area contributed by atoms with Crippen molar-refractivity contribution in [2.24, 2.45) is 17.3 Å². The molecular formula is C34H41N3O7. The van der Waals surface area contributed by atoms with Crippen molar-refractivity contribution < 1.29 is 33.3 Å². The second-order valence-corrected chi connectivity index (χ2v) is 10.8. The number of hydrogen-bond donors (Lipinski definition) is 3. The summed E-state index contributed by atoms with van der Waals surface area (Å²) in [6.07, 6.45) is 1.07. The quantitative estimate of drug-likeness (QED) is 0.224. The van der Waals surface area contributed by atoms with Crippen molar-refractivity contribution in [1.29, 1.82) is 0 Å². The number of ketones is 1. The Kier molecular flexibility index (Phi) is 10.4. The summed E-state index contributed by atoms with van der Waals surface area (Å²) in [5, 5.41) is 8.95. The van der Waals surface area contributed by atoms with Gasteiger partial charge in [-0.3, -0.25) is 14.4 Å². The Morgan fingerprint density at radius 2 is 1.14 bits per heavy atom. The highest BCUT2D eigenvalue weighted by atomic mass is 16.5. The number of methoxy groups -OCH3 is 4. The summed E-state index contributed by atoms with van der Waals surface area (Å²) < 4.78 is 21.4. The molecule has 0 heterocycles. The van der Waals surface area contributed by atoms with Crippen molar-refractivity contribution >= 4 is 23.3 Å². The molecule has 0 aromatic heterocycles. The second-order valence-electron chi connectivity index (χ2n) is 10.8. The molecule has 0 saturated heterocycles. The third-order valence-corrected chi connectivity index (χ3v) is 8.33. The van der Waals surface area contributed by atoms with Crippen molar-refractivity contribution in [2.45, 2.75) is 19.8 Å². The standard InChI is InChI=1S/C34H41N3O7/c1-34(31(38)23-9-7-8-10-24(23)35-2)29(32(39)36-17-15-21-11-13-25(41-3)27(19-21)43-5)30(34)33(40)37-18-16-22-12-14-26(42-4)28(20-22)44-6/h7-14,19-20,29-30,35H,15-18H2,1-6H3,(H,36,39)(H,37,40)/t29-,30+,34?. The minimum atomic E-state index is -1.20. The largest absolute Gasteiger partial charge is 0.493 e. The minimum Gasteiger partial charge on any atom is -0.493 e. The van der Waals surface area contributed by atoms with Crippen LogP contribution in [0.4, 0.5) is 5.69 Å². The van der Waals surface area contributed by atoms with Gasteiger partial charge in [0.05, 0.1) is 45.7 Å². The number of hydrogen-bond acceptors (Lipinski definition) is 8. The molecule has 3 atom stereocenters. The number of para-hydroxylation sites is 1. The van der Waals surface area contributed by atoms with Gasteiger partial charge in [0.1, 0.15) is 0 Å². The van der Waals surface area contributed by atoms with E-state index in [1.54, 1.807) is 60.6 Å². The summed E-state index contributed by atoms with van der Waals surface area (Å²) in [6, 6.07) is 18.3. The number of rotatable bonds is 15. The lowest BCUT2D eigenvalue weighted by molar-refractivity contribution is -0.127. The van der Waals surface area contributed by atoms with Crippen LogP contribution in [-0.4, -0.2) is 66.2 Å². The summed E-state index contributed by atoms with van der Waals surface area (Å²) in [5.74, 6) is -0.0925. The zero-order valence-corrected chi connectivity index (χ0v) is 26.1. The maximum Gasteiger partial charge on any atom is 0.225 e. The minimum absolute atomic E-state index is 0.248. The lowest BCUT2D eigenvalue weighted by Crippen LogP contribution is -2.32. The highest BCUT2D eigenvalue weighted by molar-refractivity contribution is 6.14. The molecule has 1 aliphatic carbocycles. The first-order valence-electron chi connectivity index (χ1n) is 14.5. The van der Waals surface area contributed by atoms with E-state index >= 15 is 0 Å². The molecule has 1 fully saturated rings. The van der Waals surface area contributed by atoms with Crippen molar-refractivity contribution in [1.82, 2.24) is 10.6 Å². The molecule has 0 aliphatic heterocycles. The second kappa shape index (κ2) is 14.2. The molecule has 44 heavy (non-hydrogen) atoms. The smallest absolute Gasteiger partial charge is 0.225 e. The number of carbonyl (C=O) groups excluding carboxylic acids is 3. The van der Waals surface area contributed by atoms with E-state index in [1.807, 2.05) is 42.5 Å². The first-order valence-corrected chi connectivity index (χ1v) is 14.5. The van der Waals surface area contributed by atoms with Gasteiger partial charge in [0, 0.05) is 31.4 Å². The van der Waals surface area contributed by atoms with Crippen molar-refractivity contribution in [3.8, 4) is 23.0 Å². The van der Waals surface area contributed by atoms with Gasteiger partial charge in [-0.05, 0) is 60.4 Å². The molecule has 4 rings (SSSR count). The Balaban J connectivity index is 1.47. The van der Waals surface area contributed by atoms with Crippen LogP contribution in [0.2, 0.25) is 0 Å². The lowest BCUT2D eigenvalue weighted by atomic mass is 9.91. The number of Topliss-reactive ketones (excluding diaryl/α,β-unsaturated/α-hetero) is 1. The van der Waals surface area contributed by atoms with Crippen LogP contribution in [0, 0.1) is 17.3 Å². The van der Waals surface area contributed by atoms with Crippen LogP contribution < -0.4 is 34.9 Å². The summed E-state index contributed by atoms with van der Waals surface area (Å²) in [4.78, 5) is 41.0. The Morgan fingerprint density at radius 1 is 0.682 bits per heavy atom. The van der Waals surface area contributed by atoms with E-state index in [2.05, 4.69) is 16.0 Å². The fourth-order valence-electron chi connectivity index (χ4n) is 5.78. The molecule has 0 radical (unpaired) electrons. The van der Waals surface area contributed by atoms with E-state index in [-0.39, 0.29) is 17.6 Å². The van der Waals surface area contributed by atoms with Gasteiger partial charge in [-0.2, -0.15) is 0 Å². The molecule has 0 bridgehead atoms. The molecular weight excluding hydrogens is 562 g/mol. The molecule has 234 valence electrons. The predicted octanol–water partition coefficient (Wildman–Crippen LogP) is 3.92. The molecule has 0 spiro atoms. The van der Waals surface area contributed by atoms with Crippen molar-refractivity contribution in [2.75, 3.05) is 53.9 Å². The normalized spacial score (nSPS) is 18.5. The fourth-order valence-corrected chi connectivity index (χ4v) is 5.78. The summed E-state index contributed by atoms with van der Waals surface area (Å²) in [5.41, 5.74) is 1.79. The lowest BCUT2D eigenvalue weighted by Gasteiger charge is -2.15. The Bertz CT molecular complexity index is 1430. The molecule has 1 saturated carbocycles. The highest BCUT2D eigenvalue weighted by Crippen LogP contribution is 2.60. The van der Waals surface area contributed by atoms with Crippen LogP contribution >= 0.6 is 0 Å². The van der Waals surface area contributed by atoms with Gasteiger partial charge in [-0.25, -0.2) is 0 Å². The van der Waals surface area contributed by atoms with Gasteiger partial charge < -0.3 is 34.9 Å². The van der Waals surface area contributed by atoms with E-state index in [1.165, 1.54) is 0 Å². The Morgan fingerprint density at radius 3 is 1.57 bits per heavy atom. The van der Waals surface area contributed by atoms with Crippen LogP contribution in [0.3, 0.4) is 0 Å². The molecule has 3 N–H and O–H groups in total. The van der Waals surface area contributed by atoms with Gasteiger partial charge in [0.25, 0.3) is 0 Å². The zero-order chi connectivity index (χ0) is 31.9. The average Bonchev–Trinajstić information content (AvgIpc) is 3.70. The predicted molar refractivity (Wildman–Crippen MR) is 168 cm³/mol. The highest BCUT2D eigenvalue weighted by Gasteiger charge is 2.72. The molecule has 1 aliphatic rings. The zero-order valence-electron chi connectivity index (χ0n) is 26.1. The van der Waals surface area contributed by atoms with Gasteiger partial charge in [0.15, 0.2) is 28.8 Å². The topological polar surface area (TPSA) is 124 Å². The Hall–Kier alpha value is -4.73. The number of benzene rings is 3. The van der Waals surface area contributed by atoms with Crippen LogP contribution in [0.15, 0.2) is 60.7 Å². The molecule has 3 aromatic rings. The van der Waals surface area contributed by atoms with E-state index in [9.17, 15) is 14.4 Å². The number of ether oxygens (including phenoxy) is 4. The molecule has 10 nitrogen and oxygen atoms in total.